The average Bonchev–Trinajstić information content (AvgIpc) is 2.43. The molecule has 1 aromatic heterocycles. The Hall–Kier alpha value is -1.10. The Bertz CT molecular complexity index is 687. The molecule has 1 heterocycles. The molecule has 124 valence electrons. The molecule has 0 atom stereocenters. The summed E-state index contributed by atoms with van der Waals surface area (Å²) in [6.07, 6.45) is 0. The highest BCUT2D eigenvalue weighted by molar-refractivity contribution is 6.74. The first-order chi connectivity index (χ1) is 10.5. The number of rotatable bonds is 3. The molecule has 0 amide bonds. The smallest absolute Gasteiger partial charge is 0.252 e. The summed E-state index contributed by atoms with van der Waals surface area (Å²) in [7, 11) is -1.91. The highest BCUT2D eigenvalue weighted by Crippen LogP contribution is 2.37. The number of hydrogen-bond acceptors (Lipinski definition) is 3. The summed E-state index contributed by atoms with van der Waals surface area (Å²) >= 11 is 12.4. The molecule has 0 N–H and O–H groups in total. The van der Waals surface area contributed by atoms with E-state index >= 15 is 0 Å². The molecule has 0 saturated carbocycles. The van der Waals surface area contributed by atoms with Crippen LogP contribution >= 0.6 is 23.2 Å². The van der Waals surface area contributed by atoms with Crippen LogP contribution in [0.3, 0.4) is 0 Å². The summed E-state index contributed by atoms with van der Waals surface area (Å²) in [5.74, 6) is 0.560. The molecule has 6 heteroatoms. The third kappa shape index (κ3) is 4.06. The highest BCUT2D eigenvalue weighted by Gasteiger charge is 2.39. The Labute approximate surface area is 149 Å². The van der Waals surface area contributed by atoms with Crippen molar-refractivity contribution in [1.29, 1.82) is 0 Å². The van der Waals surface area contributed by atoms with Crippen LogP contribution in [-0.2, 0) is 0 Å². The van der Waals surface area contributed by atoms with Gasteiger partial charge in [-0.2, -0.15) is 0 Å². The minimum Gasteiger partial charge on any atom is -0.530 e. The van der Waals surface area contributed by atoms with Crippen LogP contribution in [0.15, 0.2) is 24.3 Å². The number of halogens is 2. The van der Waals surface area contributed by atoms with Gasteiger partial charge in [-0.1, -0.05) is 44.0 Å². The lowest BCUT2D eigenvalue weighted by molar-refractivity contribution is 0.470. The Morgan fingerprint density at radius 1 is 1.00 bits per heavy atom. The van der Waals surface area contributed by atoms with Crippen LogP contribution < -0.4 is 4.43 Å². The minimum atomic E-state index is -1.91. The molecule has 1 aromatic carbocycles. The molecular weight excluding hydrogens is 347 g/mol. The molecule has 0 aliphatic heterocycles. The van der Waals surface area contributed by atoms with Crippen molar-refractivity contribution >= 4 is 31.5 Å². The normalized spacial score (nSPS) is 12.3. The van der Waals surface area contributed by atoms with Gasteiger partial charge in [-0.15, -0.1) is 10.2 Å². The monoisotopic (exact) mass is 368 g/mol. The van der Waals surface area contributed by atoms with Crippen molar-refractivity contribution in [3.05, 3.63) is 39.9 Å². The molecule has 0 aliphatic rings. The van der Waals surface area contributed by atoms with E-state index in [9.17, 15) is 0 Å². The topological polar surface area (TPSA) is 35.0 Å². The first-order valence-electron chi connectivity index (χ1n) is 7.50. The Kier molecular flexibility index (Phi) is 5.09. The lowest BCUT2D eigenvalue weighted by Gasteiger charge is -2.35. The van der Waals surface area contributed by atoms with Crippen LogP contribution in [0.5, 0.6) is 5.88 Å². The van der Waals surface area contributed by atoms with E-state index in [2.05, 4.69) is 44.1 Å². The van der Waals surface area contributed by atoms with Gasteiger partial charge in [0.25, 0.3) is 8.32 Å². The fraction of sp³-hybridized carbons (Fsp3) is 0.412. The number of aromatic nitrogens is 2. The maximum atomic E-state index is 6.19. The molecule has 0 aliphatic carbocycles. The maximum absolute atomic E-state index is 6.19. The summed E-state index contributed by atoms with van der Waals surface area (Å²) in [6, 6.07) is 7.43. The van der Waals surface area contributed by atoms with Gasteiger partial charge in [-0.3, -0.25) is 0 Å². The van der Waals surface area contributed by atoms with Crippen molar-refractivity contribution in [2.75, 3.05) is 0 Å². The molecule has 23 heavy (non-hydrogen) atoms. The molecular formula is C17H22Cl2N2OSi. The van der Waals surface area contributed by atoms with E-state index in [-0.39, 0.29) is 5.04 Å². The summed E-state index contributed by atoms with van der Waals surface area (Å²) in [5.41, 5.74) is 2.43. The van der Waals surface area contributed by atoms with Gasteiger partial charge in [0.2, 0.25) is 5.88 Å². The second-order valence-electron chi connectivity index (χ2n) is 7.18. The Morgan fingerprint density at radius 2 is 1.57 bits per heavy atom. The molecule has 0 spiro atoms. The van der Waals surface area contributed by atoms with Crippen LogP contribution in [0, 0.1) is 6.92 Å². The largest absolute Gasteiger partial charge is 0.530 e. The van der Waals surface area contributed by atoms with Gasteiger partial charge >= 0.3 is 0 Å². The number of benzene rings is 1. The Morgan fingerprint density at radius 3 is 2.00 bits per heavy atom. The first-order valence-corrected chi connectivity index (χ1v) is 11.2. The quantitative estimate of drug-likeness (QED) is 0.609. The van der Waals surface area contributed by atoms with E-state index in [0.29, 0.717) is 15.9 Å². The fourth-order valence-corrected chi connectivity index (χ4v) is 3.16. The number of hydrogen-bond donors (Lipinski definition) is 0. The average molecular weight is 369 g/mol. The van der Waals surface area contributed by atoms with E-state index in [1.165, 1.54) is 0 Å². The molecule has 0 fully saturated rings. The third-order valence-corrected chi connectivity index (χ3v) is 9.50. The molecule has 0 radical (unpaired) electrons. The van der Waals surface area contributed by atoms with Crippen LogP contribution in [0.2, 0.25) is 28.2 Å². The molecule has 0 saturated heterocycles. The summed E-state index contributed by atoms with van der Waals surface area (Å²) < 4.78 is 6.14. The van der Waals surface area contributed by atoms with Gasteiger partial charge in [0, 0.05) is 21.7 Å². The molecule has 2 aromatic rings. The molecule has 0 unspecified atom stereocenters. The first kappa shape index (κ1) is 18.2. The van der Waals surface area contributed by atoms with E-state index in [4.69, 9.17) is 27.6 Å². The zero-order valence-electron chi connectivity index (χ0n) is 14.4. The Balaban J connectivity index is 2.27. The van der Waals surface area contributed by atoms with Crippen LogP contribution in [-0.4, -0.2) is 18.5 Å². The van der Waals surface area contributed by atoms with Crippen LogP contribution in [0.1, 0.15) is 26.3 Å². The second-order valence-corrected chi connectivity index (χ2v) is 12.7. The van der Waals surface area contributed by atoms with E-state index in [0.717, 1.165) is 16.8 Å². The number of nitrogens with zero attached hydrogens (tertiary/aromatic N) is 2. The van der Waals surface area contributed by atoms with Gasteiger partial charge in [0.1, 0.15) is 0 Å². The third-order valence-electron chi connectivity index (χ3n) is 4.38. The van der Waals surface area contributed by atoms with Crippen molar-refractivity contribution in [1.82, 2.24) is 10.2 Å². The van der Waals surface area contributed by atoms with E-state index in [1.54, 1.807) is 0 Å². The van der Waals surface area contributed by atoms with Gasteiger partial charge in [0.15, 0.2) is 0 Å². The van der Waals surface area contributed by atoms with Crippen molar-refractivity contribution in [3.63, 3.8) is 0 Å². The van der Waals surface area contributed by atoms with E-state index in [1.807, 2.05) is 31.2 Å². The van der Waals surface area contributed by atoms with Crippen molar-refractivity contribution in [2.45, 2.75) is 45.8 Å². The zero-order chi connectivity index (χ0) is 17.4. The van der Waals surface area contributed by atoms with Crippen LogP contribution in [0.25, 0.3) is 11.3 Å². The summed E-state index contributed by atoms with van der Waals surface area (Å²) in [5, 5.41) is 9.83. The minimum absolute atomic E-state index is 0.116. The predicted octanol–water partition coefficient (Wildman–Crippen LogP) is 6.14. The molecule has 3 nitrogen and oxygen atoms in total. The lowest BCUT2D eigenvalue weighted by Crippen LogP contribution is -2.44. The molecule has 0 bridgehead atoms. The van der Waals surface area contributed by atoms with Gasteiger partial charge in [0.05, 0.1) is 5.69 Å². The second kappa shape index (κ2) is 6.42. The zero-order valence-corrected chi connectivity index (χ0v) is 16.9. The van der Waals surface area contributed by atoms with E-state index < -0.39 is 8.32 Å². The van der Waals surface area contributed by atoms with Gasteiger partial charge in [-0.25, -0.2) is 0 Å². The maximum Gasteiger partial charge on any atom is 0.252 e. The lowest BCUT2D eigenvalue weighted by atomic mass is 10.1. The fourth-order valence-electron chi connectivity index (χ4n) is 1.74. The standard InChI is InChI=1S/C17H22Cl2N2OSi/c1-11-13(18)9-12(10-14(11)19)15-7-8-16(21-20-15)22-23(5,6)17(2,3)4/h7-10H,1-6H3. The van der Waals surface area contributed by atoms with Gasteiger partial charge < -0.3 is 4.43 Å². The highest BCUT2D eigenvalue weighted by atomic mass is 35.5. The SMILES string of the molecule is Cc1c(Cl)cc(-c2ccc(O[Si](C)(C)C(C)(C)C)nn2)cc1Cl. The van der Waals surface area contributed by atoms with Crippen LogP contribution in [0.4, 0.5) is 0 Å². The summed E-state index contributed by atoms with van der Waals surface area (Å²) in [6.45, 7) is 12.8. The summed E-state index contributed by atoms with van der Waals surface area (Å²) in [4.78, 5) is 0. The van der Waals surface area contributed by atoms with Crippen molar-refractivity contribution in [3.8, 4) is 17.1 Å². The predicted molar refractivity (Wildman–Crippen MR) is 100 cm³/mol. The molecule has 2 rings (SSSR count). The van der Waals surface area contributed by atoms with Crippen molar-refractivity contribution < 1.29 is 4.43 Å². The van der Waals surface area contributed by atoms with Gasteiger partial charge in [-0.05, 0) is 48.8 Å². The van der Waals surface area contributed by atoms with Crippen molar-refractivity contribution in [2.24, 2.45) is 0 Å².